The third kappa shape index (κ3) is 5.58. The van der Waals surface area contributed by atoms with E-state index in [2.05, 4.69) is 55.4 Å². The summed E-state index contributed by atoms with van der Waals surface area (Å²) in [6.07, 6.45) is 13.1. The molecule has 98 valence electrons. The van der Waals surface area contributed by atoms with Gasteiger partial charge in [0.05, 0.1) is 0 Å². The number of hydrogen-bond acceptors (Lipinski definition) is 0. The summed E-state index contributed by atoms with van der Waals surface area (Å²) >= 11 is 0. The monoisotopic (exact) mass is 327 g/mol. The van der Waals surface area contributed by atoms with Crippen molar-refractivity contribution in [2.75, 3.05) is 0 Å². The molecule has 2 aromatic rings. The van der Waals surface area contributed by atoms with Crippen LogP contribution in [0.3, 0.4) is 0 Å². The molecule has 0 radical (unpaired) electrons. The maximum Gasteiger partial charge on any atom is 4.00 e. The van der Waals surface area contributed by atoms with Crippen LogP contribution >= 0.6 is 0 Å². The molecule has 1 aromatic carbocycles. The molecule has 1 nitrogen and oxygen atoms in total. The zero-order valence-electron chi connectivity index (χ0n) is 10.9. The summed E-state index contributed by atoms with van der Waals surface area (Å²) in [6, 6.07) is 6.25. The molecule has 0 saturated heterocycles. The summed E-state index contributed by atoms with van der Waals surface area (Å²) in [6.45, 7) is 4.20. The van der Waals surface area contributed by atoms with E-state index in [4.69, 9.17) is 0 Å². The molecule has 0 saturated carbocycles. The van der Waals surface area contributed by atoms with Crippen LogP contribution in [-0.2, 0) is 21.7 Å². The van der Waals surface area contributed by atoms with E-state index in [1.165, 1.54) is 22.0 Å². The third-order valence-electron chi connectivity index (χ3n) is 2.62. The smallest absolute Gasteiger partial charge is 1.00 e. The molecule has 1 aromatic heterocycles. The van der Waals surface area contributed by atoms with Crippen molar-refractivity contribution in [2.24, 2.45) is 0 Å². The molecular weight excluding hydrogens is 313 g/mol. The molecule has 1 aliphatic carbocycles. The standard InChI is InChI=1S/C10H10N.C5H5.2ClH.Ti/c1-7-4-3-5-9-10(7)8(2)6-11-9;1-2-4-5-3-1;;;/h3-5,11H,1-2H3;1-3H,4H2;2*1H;/q2*-1;;;+4/p-2. The first-order valence-electron chi connectivity index (χ1n) is 5.46. The van der Waals surface area contributed by atoms with Gasteiger partial charge in [-0.2, -0.15) is 11.6 Å². The molecule has 0 spiro atoms. The van der Waals surface area contributed by atoms with Gasteiger partial charge in [-0.1, -0.05) is 26.0 Å². The third-order valence-corrected chi connectivity index (χ3v) is 2.62. The molecule has 3 rings (SSSR count). The van der Waals surface area contributed by atoms with E-state index in [-0.39, 0.29) is 46.5 Å². The van der Waals surface area contributed by atoms with E-state index in [1.54, 1.807) is 0 Å². The van der Waals surface area contributed by atoms with Gasteiger partial charge in [-0.15, -0.1) is 35.2 Å². The number of aryl methyl sites for hydroxylation is 2. The van der Waals surface area contributed by atoms with Gasteiger partial charge in [0.1, 0.15) is 0 Å². The number of halogens is 2. The quantitative estimate of drug-likeness (QED) is 0.421. The van der Waals surface area contributed by atoms with Gasteiger partial charge in [0.15, 0.2) is 0 Å². The molecule has 4 heteroatoms. The molecule has 0 amide bonds. The van der Waals surface area contributed by atoms with Crippen LogP contribution in [0.15, 0.2) is 36.4 Å². The summed E-state index contributed by atoms with van der Waals surface area (Å²) in [4.78, 5) is 3.10. The van der Waals surface area contributed by atoms with Crippen molar-refractivity contribution in [3.63, 3.8) is 0 Å². The second kappa shape index (κ2) is 10.3. The number of aromatic amines is 1. The van der Waals surface area contributed by atoms with E-state index in [0.717, 1.165) is 6.42 Å². The summed E-state index contributed by atoms with van der Waals surface area (Å²) in [5.41, 5.74) is 3.71. The molecule has 1 N–H and O–H groups in total. The molecule has 19 heavy (non-hydrogen) atoms. The average Bonchev–Trinajstić information content (AvgIpc) is 2.92. The van der Waals surface area contributed by atoms with Crippen LogP contribution in [-0.4, -0.2) is 4.98 Å². The van der Waals surface area contributed by atoms with Crippen LogP contribution in [0.1, 0.15) is 17.5 Å². The maximum atomic E-state index is 3.10. The normalized spacial score (nSPS) is 10.8. The Bertz CT molecular complexity index is 534. The second-order valence-corrected chi connectivity index (χ2v) is 3.88. The fourth-order valence-electron chi connectivity index (χ4n) is 1.83. The zero-order chi connectivity index (χ0) is 11.4. The first-order chi connectivity index (χ1) is 7.79. The SMILES string of the molecule is Cc1[c-][nH]c2cccc(C)c12.[C-]1=CC=CC1.[Cl-].[Cl-].[Ti+4]. The summed E-state index contributed by atoms with van der Waals surface area (Å²) in [7, 11) is 0. The molecule has 0 bridgehead atoms. The second-order valence-electron chi connectivity index (χ2n) is 3.88. The first-order valence-corrected chi connectivity index (χ1v) is 5.46. The fourth-order valence-corrected chi connectivity index (χ4v) is 1.83. The Labute approximate surface area is 142 Å². The van der Waals surface area contributed by atoms with E-state index < -0.39 is 0 Å². The molecular formula is C15H15Cl2NTi. The van der Waals surface area contributed by atoms with Crippen molar-refractivity contribution in [3.05, 3.63) is 59.8 Å². The predicted molar refractivity (Wildman–Crippen MR) is 68.2 cm³/mol. The van der Waals surface area contributed by atoms with Crippen LogP contribution in [0.25, 0.3) is 10.9 Å². The minimum atomic E-state index is 0. The van der Waals surface area contributed by atoms with Crippen molar-refractivity contribution in [3.8, 4) is 0 Å². The van der Waals surface area contributed by atoms with Crippen molar-refractivity contribution in [2.45, 2.75) is 20.3 Å². The van der Waals surface area contributed by atoms with Gasteiger partial charge in [-0.25, -0.2) is 12.2 Å². The Kier molecular flexibility index (Phi) is 11.3. The van der Waals surface area contributed by atoms with Crippen molar-refractivity contribution in [1.82, 2.24) is 4.98 Å². The Hall–Kier alpha value is -0.466. The van der Waals surface area contributed by atoms with Gasteiger partial charge in [-0.3, -0.25) is 6.08 Å². The number of hydrogen-bond donors (Lipinski definition) is 1. The molecule has 0 unspecified atom stereocenters. The van der Waals surface area contributed by atoms with Gasteiger partial charge in [0.2, 0.25) is 0 Å². The molecule has 1 aliphatic rings. The maximum absolute atomic E-state index is 3.10. The molecule has 0 atom stereocenters. The van der Waals surface area contributed by atoms with E-state index in [1.807, 2.05) is 12.2 Å². The molecule has 1 heterocycles. The van der Waals surface area contributed by atoms with Crippen LogP contribution in [0, 0.1) is 26.1 Å². The number of allylic oxidation sites excluding steroid dienone is 4. The predicted octanol–water partition coefficient (Wildman–Crippen LogP) is -2.10. The molecule has 0 aliphatic heterocycles. The number of nitrogens with one attached hydrogen (secondary N) is 1. The van der Waals surface area contributed by atoms with Gasteiger partial charge in [0, 0.05) is 0 Å². The van der Waals surface area contributed by atoms with E-state index in [0.29, 0.717) is 0 Å². The van der Waals surface area contributed by atoms with Gasteiger partial charge in [-0.05, 0) is 0 Å². The first kappa shape index (κ1) is 20.8. The van der Waals surface area contributed by atoms with Gasteiger partial charge >= 0.3 is 21.7 Å². The Morgan fingerprint density at radius 3 is 2.37 bits per heavy atom. The van der Waals surface area contributed by atoms with E-state index >= 15 is 0 Å². The van der Waals surface area contributed by atoms with Crippen molar-refractivity contribution < 1.29 is 46.5 Å². The van der Waals surface area contributed by atoms with Gasteiger partial charge in [0.25, 0.3) is 0 Å². The number of aromatic nitrogens is 1. The van der Waals surface area contributed by atoms with Crippen molar-refractivity contribution in [1.29, 1.82) is 0 Å². The number of H-pyrrole nitrogens is 1. The van der Waals surface area contributed by atoms with Crippen LogP contribution in [0.5, 0.6) is 0 Å². The minimum Gasteiger partial charge on any atom is -1.00 e. The Balaban J connectivity index is 0. The number of rotatable bonds is 0. The Morgan fingerprint density at radius 2 is 1.89 bits per heavy atom. The summed E-state index contributed by atoms with van der Waals surface area (Å²) in [5, 5.41) is 1.31. The van der Waals surface area contributed by atoms with Crippen LogP contribution in [0.2, 0.25) is 0 Å². The van der Waals surface area contributed by atoms with Crippen LogP contribution < -0.4 is 24.8 Å². The number of fused-ring (bicyclic) bond motifs is 1. The zero-order valence-corrected chi connectivity index (χ0v) is 14.0. The minimum absolute atomic E-state index is 0. The largest absolute Gasteiger partial charge is 4.00 e. The van der Waals surface area contributed by atoms with E-state index in [9.17, 15) is 0 Å². The number of benzene rings is 1. The average molecular weight is 328 g/mol. The summed E-state index contributed by atoms with van der Waals surface area (Å²) < 4.78 is 0. The topological polar surface area (TPSA) is 15.8 Å². The van der Waals surface area contributed by atoms with Gasteiger partial charge < -0.3 is 29.8 Å². The van der Waals surface area contributed by atoms with Crippen molar-refractivity contribution >= 4 is 10.9 Å². The molecule has 0 fully saturated rings. The fraction of sp³-hybridized carbons (Fsp3) is 0.200. The summed E-state index contributed by atoms with van der Waals surface area (Å²) in [5.74, 6) is 0. The van der Waals surface area contributed by atoms with Crippen LogP contribution in [0.4, 0.5) is 0 Å². The Morgan fingerprint density at radius 1 is 1.16 bits per heavy atom.